The molecule has 2 heterocycles. The van der Waals surface area contributed by atoms with Crippen LogP contribution in [0.15, 0.2) is 42.5 Å². The van der Waals surface area contributed by atoms with Crippen molar-refractivity contribution in [2.24, 2.45) is 0 Å². The van der Waals surface area contributed by atoms with Gasteiger partial charge in [-0.05, 0) is 48.5 Å². The molecule has 2 aromatic rings. The molecule has 2 aromatic carbocycles. The van der Waals surface area contributed by atoms with Crippen LogP contribution in [0, 0.1) is 0 Å². The van der Waals surface area contributed by atoms with Crippen molar-refractivity contribution >= 4 is 18.0 Å². The maximum atomic E-state index is 12.7. The number of fused-ring (bicyclic) bond motifs is 2. The minimum Gasteiger partial charge on any atom is -0.508 e. The lowest BCUT2D eigenvalue weighted by Gasteiger charge is -2.36. The normalized spacial score (nSPS) is 23.0. The molecule has 4 rings (SSSR count). The summed E-state index contributed by atoms with van der Waals surface area (Å²) in [5.41, 5.74) is 1.40. The number of carbonyl (C=O) groups is 2. The Kier molecular flexibility index (Phi) is 8.23. The number of hydrogen-bond donors (Lipinski definition) is 1. The van der Waals surface area contributed by atoms with E-state index < -0.39 is 5.97 Å². The van der Waals surface area contributed by atoms with Gasteiger partial charge >= 0.3 is 11.9 Å². The average molecular weight is 512 g/mol. The third-order valence-corrected chi connectivity index (χ3v) is 7.00. The van der Waals surface area contributed by atoms with E-state index in [2.05, 4.69) is 4.90 Å². The number of methoxy groups -OCH3 is 3. The van der Waals surface area contributed by atoms with Gasteiger partial charge in [0.2, 0.25) is 5.75 Å². The van der Waals surface area contributed by atoms with Gasteiger partial charge in [-0.1, -0.05) is 12.1 Å². The first kappa shape index (κ1) is 26.3. The fourth-order valence-corrected chi connectivity index (χ4v) is 5.21. The van der Waals surface area contributed by atoms with Crippen LogP contribution in [-0.4, -0.2) is 74.6 Å². The standard InChI is InChI=1S/C28H33NO8/c1-29-19-14-21(36-27(32)13-17-6-5-7-20(30)10-17)16-22(29)23(15-19)37-26(31)9-8-18-11-24(33-2)28(35-4)25(12-18)34-3/h5-12,19,21-23,30H,13-16H2,1-4H3/t19?,21-,22?,23-/m0/s1. The minimum atomic E-state index is -0.447. The molecule has 0 radical (unpaired) electrons. The predicted molar refractivity (Wildman–Crippen MR) is 136 cm³/mol. The fraction of sp³-hybridized carbons (Fsp3) is 0.429. The van der Waals surface area contributed by atoms with Gasteiger partial charge in [0, 0.05) is 31.4 Å². The van der Waals surface area contributed by atoms with Crippen molar-refractivity contribution < 1.29 is 38.4 Å². The van der Waals surface area contributed by atoms with Gasteiger partial charge in [0.05, 0.1) is 33.8 Å². The maximum Gasteiger partial charge on any atom is 0.331 e. The molecule has 2 aliphatic heterocycles. The first-order valence-corrected chi connectivity index (χ1v) is 12.2. The van der Waals surface area contributed by atoms with Crippen molar-refractivity contribution in [3.63, 3.8) is 0 Å². The number of rotatable bonds is 9. The van der Waals surface area contributed by atoms with Crippen LogP contribution in [0.25, 0.3) is 6.08 Å². The van der Waals surface area contributed by atoms with Crippen LogP contribution >= 0.6 is 0 Å². The summed E-state index contributed by atoms with van der Waals surface area (Å²) in [5.74, 6) is 0.796. The highest BCUT2D eigenvalue weighted by atomic mass is 16.6. The van der Waals surface area contributed by atoms with Gasteiger partial charge in [0.15, 0.2) is 11.5 Å². The summed E-state index contributed by atoms with van der Waals surface area (Å²) in [6.07, 6.45) is 4.56. The zero-order valence-corrected chi connectivity index (χ0v) is 21.5. The molecule has 2 saturated heterocycles. The molecule has 2 bridgehead atoms. The summed E-state index contributed by atoms with van der Waals surface area (Å²) in [5, 5.41) is 9.61. The van der Waals surface area contributed by atoms with Gasteiger partial charge in [-0.3, -0.25) is 9.69 Å². The van der Waals surface area contributed by atoms with E-state index in [0.717, 1.165) is 0 Å². The Balaban J connectivity index is 1.35. The van der Waals surface area contributed by atoms with Crippen molar-refractivity contribution in [2.75, 3.05) is 28.4 Å². The fourth-order valence-electron chi connectivity index (χ4n) is 5.21. The van der Waals surface area contributed by atoms with Gasteiger partial charge in [0.25, 0.3) is 0 Å². The van der Waals surface area contributed by atoms with Crippen LogP contribution < -0.4 is 14.2 Å². The minimum absolute atomic E-state index is 0.0316. The Hall–Kier alpha value is -3.72. The summed E-state index contributed by atoms with van der Waals surface area (Å²) in [7, 11) is 6.61. The monoisotopic (exact) mass is 511 g/mol. The van der Waals surface area contributed by atoms with E-state index >= 15 is 0 Å². The third kappa shape index (κ3) is 6.17. The SMILES string of the molecule is COc1cc(C=CC(=O)O[C@H]2CC3C[C@H](OC(=O)Cc4cccc(O)c4)CC2N3C)cc(OC)c1OC. The van der Waals surface area contributed by atoms with E-state index in [-0.39, 0.29) is 42.4 Å². The highest BCUT2D eigenvalue weighted by Crippen LogP contribution is 2.39. The highest BCUT2D eigenvalue weighted by Gasteiger charge is 2.47. The number of carbonyl (C=O) groups excluding carboxylic acids is 2. The van der Waals surface area contributed by atoms with E-state index in [0.29, 0.717) is 47.6 Å². The van der Waals surface area contributed by atoms with Gasteiger partial charge in [-0.25, -0.2) is 4.79 Å². The van der Waals surface area contributed by atoms with E-state index in [1.54, 1.807) is 42.5 Å². The number of esters is 2. The van der Waals surface area contributed by atoms with E-state index in [4.69, 9.17) is 23.7 Å². The molecule has 2 aliphatic rings. The van der Waals surface area contributed by atoms with Crippen LogP contribution in [0.5, 0.6) is 23.0 Å². The Bertz CT molecular complexity index is 1140. The topological polar surface area (TPSA) is 104 Å². The summed E-state index contributed by atoms with van der Waals surface area (Å²) in [4.78, 5) is 27.4. The lowest BCUT2D eigenvalue weighted by molar-refractivity contribution is -0.153. The number of aromatic hydroxyl groups is 1. The molecule has 9 nitrogen and oxygen atoms in total. The van der Waals surface area contributed by atoms with E-state index in [9.17, 15) is 14.7 Å². The zero-order chi connectivity index (χ0) is 26.5. The third-order valence-electron chi connectivity index (χ3n) is 7.00. The maximum absolute atomic E-state index is 12.7. The summed E-state index contributed by atoms with van der Waals surface area (Å²) in [6, 6.07) is 10.2. The van der Waals surface area contributed by atoms with Gasteiger partial charge < -0.3 is 28.8 Å². The molecule has 0 aliphatic carbocycles. The van der Waals surface area contributed by atoms with E-state index in [1.807, 2.05) is 7.05 Å². The smallest absolute Gasteiger partial charge is 0.331 e. The number of likely N-dealkylation sites (N-methyl/N-ethyl adjacent to an activating group) is 1. The molecule has 0 saturated carbocycles. The van der Waals surface area contributed by atoms with Crippen LogP contribution in [-0.2, 0) is 25.5 Å². The number of phenols is 1. The van der Waals surface area contributed by atoms with Crippen LogP contribution in [0.4, 0.5) is 0 Å². The second kappa shape index (κ2) is 11.6. The predicted octanol–water partition coefficient (Wildman–Crippen LogP) is 3.36. The lowest BCUT2D eigenvalue weighted by Crippen LogP contribution is -2.46. The second-order valence-corrected chi connectivity index (χ2v) is 9.32. The van der Waals surface area contributed by atoms with Crippen molar-refractivity contribution in [3.8, 4) is 23.0 Å². The zero-order valence-electron chi connectivity index (χ0n) is 21.5. The molecular weight excluding hydrogens is 478 g/mol. The number of nitrogens with zero attached hydrogens (tertiary/aromatic N) is 1. The number of phenolic OH excluding ortho intramolecular Hbond substituents is 1. The van der Waals surface area contributed by atoms with Crippen molar-refractivity contribution in [1.82, 2.24) is 4.90 Å². The Morgan fingerprint density at radius 3 is 2.38 bits per heavy atom. The molecule has 0 aromatic heterocycles. The second-order valence-electron chi connectivity index (χ2n) is 9.32. The molecule has 0 spiro atoms. The molecule has 2 unspecified atom stereocenters. The molecule has 37 heavy (non-hydrogen) atoms. The quantitative estimate of drug-likeness (QED) is 0.401. The lowest BCUT2D eigenvalue weighted by atomic mass is 10.00. The average Bonchev–Trinajstić information content (AvgIpc) is 3.03. The van der Waals surface area contributed by atoms with Crippen molar-refractivity contribution in [1.29, 1.82) is 0 Å². The van der Waals surface area contributed by atoms with Crippen molar-refractivity contribution in [3.05, 3.63) is 53.6 Å². The van der Waals surface area contributed by atoms with E-state index in [1.165, 1.54) is 27.4 Å². The number of hydrogen-bond acceptors (Lipinski definition) is 9. The molecule has 1 N–H and O–H groups in total. The number of ether oxygens (including phenoxy) is 5. The number of piperidine rings is 1. The van der Waals surface area contributed by atoms with Gasteiger partial charge in [-0.15, -0.1) is 0 Å². The first-order valence-electron chi connectivity index (χ1n) is 12.2. The summed E-state index contributed by atoms with van der Waals surface area (Å²) in [6.45, 7) is 0. The summed E-state index contributed by atoms with van der Waals surface area (Å²) < 4.78 is 27.6. The highest BCUT2D eigenvalue weighted by molar-refractivity contribution is 5.87. The van der Waals surface area contributed by atoms with Crippen LogP contribution in [0.3, 0.4) is 0 Å². The van der Waals surface area contributed by atoms with Gasteiger partial charge in [-0.2, -0.15) is 0 Å². The molecular formula is C28H33NO8. The van der Waals surface area contributed by atoms with Crippen LogP contribution in [0.2, 0.25) is 0 Å². The molecule has 4 atom stereocenters. The molecule has 2 fully saturated rings. The number of benzene rings is 2. The molecule has 0 amide bonds. The van der Waals surface area contributed by atoms with Gasteiger partial charge in [0.1, 0.15) is 18.0 Å². The molecule has 198 valence electrons. The largest absolute Gasteiger partial charge is 0.508 e. The van der Waals surface area contributed by atoms with Crippen molar-refractivity contribution in [2.45, 2.75) is 50.0 Å². The molecule has 9 heteroatoms. The Labute approximate surface area is 216 Å². The Morgan fingerprint density at radius 2 is 1.73 bits per heavy atom. The Morgan fingerprint density at radius 1 is 1.00 bits per heavy atom. The first-order chi connectivity index (χ1) is 17.8. The summed E-state index contributed by atoms with van der Waals surface area (Å²) >= 11 is 0. The van der Waals surface area contributed by atoms with Crippen LogP contribution in [0.1, 0.15) is 30.4 Å².